The summed E-state index contributed by atoms with van der Waals surface area (Å²) in [6, 6.07) is 5.22. The van der Waals surface area contributed by atoms with Crippen LogP contribution in [0.1, 0.15) is 34.1 Å². The Morgan fingerprint density at radius 3 is 2.58 bits per heavy atom. The number of methoxy groups -OCH3 is 2. The first-order valence-corrected chi connectivity index (χ1v) is 9.81. The van der Waals surface area contributed by atoms with E-state index < -0.39 is 12.1 Å². The summed E-state index contributed by atoms with van der Waals surface area (Å²) in [4.78, 5) is 14.1. The fourth-order valence-corrected chi connectivity index (χ4v) is 3.63. The lowest BCUT2D eigenvalue weighted by Crippen LogP contribution is -2.31. The molecule has 3 rings (SSSR count). The maximum atomic E-state index is 12.2. The Balaban J connectivity index is 2.00. The van der Waals surface area contributed by atoms with Gasteiger partial charge in [0.2, 0.25) is 0 Å². The highest BCUT2D eigenvalue weighted by Crippen LogP contribution is 2.29. The number of aliphatic hydroxyl groups excluding tert-OH is 1. The molecule has 1 aliphatic rings. The van der Waals surface area contributed by atoms with Crippen LogP contribution in [0.25, 0.3) is 0 Å². The highest BCUT2D eigenvalue weighted by molar-refractivity contribution is 6.00. The van der Waals surface area contributed by atoms with Gasteiger partial charge in [0.1, 0.15) is 29.1 Å². The SMILES string of the molecule is C=CC(O)N1CC[C@H](n2nc(C#Cc3cc(OC)cc(OC)c3)c(C(N)=O)c2NC)C1. The second-order valence-corrected chi connectivity index (χ2v) is 7.07. The standard InChI is InChI=1S/C22H27N5O4/c1-5-19(28)26-9-8-15(13-26)27-22(24-2)20(21(23)29)18(25-27)7-6-14-10-16(30-3)12-17(11-14)31-4/h5,10-12,15,19,24,28H,1,8-9,13H2,2-4H3,(H2,23,29)/t15-,19?/m0/s1. The molecular formula is C22H27N5O4. The van der Waals surface area contributed by atoms with E-state index in [1.54, 1.807) is 44.1 Å². The van der Waals surface area contributed by atoms with E-state index in [9.17, 15) is 9.90 Å². The third-order valence-electron chi connectivity index (χ3n) is 5.20. The van der Waals surface area contributed by atoms with E-state index in [1.807, 2.05) is 4.90 Å². The number of carbonyl (C=O) groups excluding carboxylic acids is 1. The number of hydrogen-bond acceptors (Lipinski definition) is 7. The molecule has 2 atom stereocenters. The third kappa shape index (κ3) is 4.66. The Bertz CT molecular complexity index is 1010. The van der Waals surface area contributed by atoms with E-state index in [1.165, 1.54) is 6.08 Å². The van der Waals surface area contributed by atoms with Crippen molar-refractivity contribution in [2.24, 2.45) is 5.73 Å². The molecule has 9 heteroatoms. The van der Waals surface area contributed by atoms with Gasteiger partial charge < -0.3 is 25.6 Å². The van der Waals surface area contributed by atoms with Crippen molar-refractivity contribution in [1.82, 2.24) is 14.7 Å². The maximum absolute atomic E-state index is 12.2. The summed E-state index contributed by atoms with van der Waals surface area (Å²) >= 11 is 0. The summed E-state index contributed by atoms with van der Waals surface area (Å²) in [5.74, 6) is 7.06. The lowest BCUT2D eigenvalue weighted by Gasteiger charge is -2.20. The van der Waals surface area contributed by atoms with Crippen molar-refractivity contribution < 1.29 is 19.4 Å². The number of ether oxygens (including phenoxy) is 2. The number of likely N-dealkylation sites (tertiary alicyclic amines) is 1. The molecule has 0 radical (unpaired) electrons. The first kappa shape index (κ1) is 22.2. The van der Waals surface area contributed by atoms with E-state index in [0.717, 1.165) is 6.42 Å². The van der Waals surface area contributed by atoms with Crippen LogP contribution in [0.2, 0.25) is 0 Å². The molecule has 4 N–H and O–H groups in total. The van der Waals surface area contributed by atoms with Crippen molar-refractivity contribution in [2.75, 3.05) is 39.7 Å². The van der Waals surface area contributed by atoms with Gasteiger partial charge >= 0.3 is 0 Å². The van der Waals surface area contributed by atoms with Gasteiger partial charge in [0.15, 0.2) is 5.69 Å². The molecule has 0 saturated carbocycles. The van der Waals surface area contributed by atoms with Gasteiger partial charge in [-0.2, -0.15) is 5.10 Å². The van der Waals surface area contributed by atoms with Gasteiger partial charge in [0.25, 0.3) is 5.91 Å². The summed E-state index contributed by atoms with van der Waals surface area (Å²) in [7, 11) is 4.83. The molecule has 31 heavy (non-hydrogen) atoms. The van der Waals surface area contributed by atoms with Gasteiger partial charge in [0, 0.05) is 31.8 Å². The highest BCUT2D eigenvalue weighted by atomic mass is 16.5. The first-order chi connectivity index (χ1) is 14.9. The minimum Gasteiger partial charge on any atom is -0.497 e. The van der Waals surface area contributed by atoms with Gasteiger partial charge in [-0.25, -0.2) is 4.68 Å². The van der Waals surface area contributed by atoms with Crippen LogP contribution in [0.4, 0.5) is 5.82 Å². The van der Waals surface area contributed by atoms with Crippen LogP contribution in [0.15, 0.2) is 30.9 Å². The molecule has 0 aliphatic carbocycles. The Kier molecular flexibility index (Phi) is 6.84. The highest BCUT2D eigenvalue weighted by Gasteiger charge is 2.31. The largest absolute Gasteiger partial charge is 0.497 e. The smallest absolute Gasteiger partial charge is 0.255 e. The van der Waals surface area contributed by atoms with Gasteiger partial charge in [-0.1, -0.05) is 12.5 Å². The Hall–Kier alpha value is -3.48. The van der Waals surface area contributed by atoms with Crippen molar-refractivity contribution in [3.8, 4) is 23.3 Å². The number of rotatable bonds is 7. The van der Waals surface area contributed by atoms with E-state index in [-0.39, 0.29) is 17.3 Å². The minimum absolute atomic E-state index is 0.0531. The van der Waals surface area contributed by atoms with Crippen LogP contribution < -0.4 is 20.5 Å². The second kappa shape index (κ2) is 9.55. The molecule has 1 aliphatic heterocycles. The van der Waals surface area contributed by atoms with Crippen molar-refractivity contribution in [3.63, 3.8) is 0 Å². The third-order valence-corrected chi connectivity index (χ3v) is 5.20. The molecular weight excluding hydrogens is 398 g/mol. The first-order valence-electron chi connectivity index (χ1n) is 9.81. The predicted octanol–water partition coefficient (Wildman–Crippen LogP) is 1.19. The Morgan fingerprint density at radius 1 is 1.35 bits per heavy atom. The number of aromatic nitrogens is 2. The van der Waals surface area contributed by atoms with Crippen LogP contribution in [0, 0.1) is 11.8 Å². The van der Waals surface area contributed by atoms with E-state index >= 15 is 0 Å². The van der Waals surface area contributed by atoms with Crippen LogP contribution in [-0.2, 0) is 0 Å². The zero-order valence-electron chi connectivity index (χ0n) is 17.9. The summed E-state index contributed by atoms with van der Waals surface area (Å²) in [6.07, 6.45) is 1.51. The number of hydrogen-bond donors (Lipinski definition) is 3. The lowest BCUT2D eigenvalue weighted by atomic mass is 10.1. The number of amides is 1. The molecule has 2 aromatic rings. The molecule has 1 fully saturated rings. The fourth-order valence-electron chi connectivity index (χ4n) is 3.63. The molecule has 9 nitrogen and oxygen atoms in total. The number of nitrogens with zero attached hydrogens (tertiary/aromatic N) is 3. The van der Waals surface area contributed by atoms with Crippen molar-refractivity contribution in [2.45, 2.75) is 18.7 Å². The van der Waals surface area contributed by atoms with Crippen LogP contribution >= 0.6 is 0 Å². The number of primary amides is 1. The van der Waals surface area contributed by atoms with Gasteiger partial charge in [-0.05, 0) is 30.6 Å². The van der Waals surface area contributed by atoms with Gasteiger partial charge in [-0.15, -0.1) is 0 Å². The number of anilines is 1. The zero-order chi connectivity index (χ0) is 22.5. The average Bonchev–Trinajstić information content (AvgIpc) is 3.41. The minimum atomic E-state index is -0.725. The molecule has 1 amide bonds. The average molecular weight is 425 g/mol. The molecule has 1 saturated heterocycles. The summed E-state index contributed by atoms with van der Waals surface area (Å²) < 4.78 is 12.3. The van der Waals surface area contributed by atoms with Crippen molar-refractivity contribution in [1.29, 1.82) is 0 Å². The van der Waals surface area contributed by atoms with Crippen LogP contribution in [-0.4, -0.2) is 66.3 Å². The molecule has 0 spiro atoms. The maximum Gasteiger partial charge on any atom is 0.255 e. The molecule has 164 valence electrons. The van der Waals surface area contributed by atoms with Crippen LogP contribution in [0.3, 0.4) is 0 Å². The number of carbonyl (C=O) groups is 1. The molecule has 1 aromatic carbocycles. The number of nitrogens with one attached hydrogen (secondary N) is 1. The fraction of sp³-hybridized carbons (Fsp3) is 0.364. The Morgan fingerprint density at radius 2 is 2.03 bits per heavy atom. The molecule has 1 aromatic heterocycles. The van der Waals surface area contributed by atoms with E-state index in [2.05, 4.69) is 28.8 Å². The lowest BCUT2D eigenvalue weighted by molar-refractivity contribution is 0.0585. The van der Waals surface area contributed by atoms with E-state index in [0.29, 0.717) is 36.0 Å². The quantitative estimate of drug-likeness (QED) is 0.451. The predicted molar refractivity (Wildman–Crippen MR) is 117 cm³/mol. The van der Waals surface area contributed by atoms with Crippen LogP contribution in [0.5, 0.6) is 11.5 Å². The molecule has 2 heterocycles. The normalized spacial score (nSPS) is 16.8. The van der Waals surface area contributed by atoms with E-state index in [4.69, 9.17) is 15.2 Å². The summed E-state index contributed by atoms with van der Waals surface area (Å²) in [5.41, 5.74) is 6.81. The summed E-state index contributed by atoms with van der Waals surface area (Å²) in [6.45, 7) is 4.87. The van der Waals surface area contributed by atoms with Gasteiger partial charge in [0.05, 0.1) is 20.3 Å². The molecule has 0 bridgehead atoms. The zero-order valence-corrected chi connectivity index (χ0v) is 17.9. The van der Waals surface area contributed by atoms with Gasteiger partial charge in [-0.3, -0.25) is 9.69 Å². The number of aliphatic hydroxyl groups is 1. The van der Waals surface area contributed by atoms with Crippen molar-refractivity contribution in [3.05, 3.63) is 47.7 Å². The summed E-state index contributed by atoms with van der Waals surface area (Å²) in [5, 5.41) is 17.7. The van der Waals surface area contributed by atoms with Crippen molar-refractivity contribution >= 4 is 11.7 Å². The molecule has 1 unspecified atom stereocenters. The number of benzene rings is 1. The Labute approximate surface area is 181 Å². The second-order valence-electron chi connectivity index (χ2n) is 7.07. The monoisotopic (exact) mass is 425 g/mol. The number of nitrogens with two attached hydrogens (primary N) is 1. The topological polar surface area (TPSA) is 115 Å².